The SMILES string of the molecule is Nc1nc(OCCc2ccc(O)cc2)nc2c1ncn2[C@@H]1O[C@H](CO)C(O)C1O. The molecule has 1 aliphatic rings. The van der Waals surface area contributed by atoms with Crippen molar-refractivity contribution in [1.29, 1.82) is 0 Å². The molecule has 1 aliphatic heterocycles. The number of anilines is 1. The predicted molar refractivity (Wildman–Crippen MR) is 100 cm³/mol. The number of hydrogen-bond acceptors (Lipinski definition) is 10. The molecular formula is C18H21N5O6. The molecule has 0 amide bonds. The van der Waals surface area contributed by atoms with Crippen LogP contribution in [0.4, 0.5) is 5.82 Å². The van der Waals surface area contributed by atoms with Gasteiger partial charge in [0.25, 0.3) is 0 Å². The molecule has 2 unspecified atom stereocenters. The second kappa shape index (κ2) is 7.79. The molecular weight excluding hydrogens is 382 g/mol. The first kappa shape index (κ1) is 19.3. The molecule has 3 aromatic rings. The van der Waals surface area contributed by atoms with Crippen molar-refractivity contribution in [2.75, 3.05) is 18.9 Å². The van der Waals surface area contributed by atoms with E-state index in [0.29, 0.717) is 11.9 Å². The Labute approximate surface area is 165 Å². The number of aromatic hydroxyl groups is 1. The van der Waals surface area contributed by atoms with Crippen molar-refractivity contribution in [3.63, 3.8) is 0 Å². The number of nitrogens with zero attached hydrogens (tertiary/aromatic N) is 4. The van der Waals surface area contributed by atoms with Crippen LogP contribution in [0, 0.1) is 0 Å². The van der Waals surface area contributed by atoms with Gasteiger partial charge in [0, 0.05) is 6.42 Å². The van der Waals surface area contributed by atoms with E-state index >= 15 is 0 Å². The maximum atomic E-state index is 10.3. The second-order valence-corrected chi connectivity index (χ2v) is 6.71. The first-order valence-corrected chi connectivity index (χ1v) is 9.01. The van der Waals surface area contributed by atoms with E-state index in [2.05, 4.69) is 15.0 Å². The van der Waals surface area contributed by atoms with Crippen LogP contribution in [0.25, 0.3) is 11.2 Å². The fraction of sp³-hybridized carbons (Fsp3) is 0.389. The van der Waals surface area contributed by atoms with Gasteiger partial charge >= 0.3 is 6.01 Å². The molecule has 1 aromatic carbocycles. The Hall–Kier alpha value is -2.99. The zero-order valence-electron chi connectivity index (χ0n) is 15.3. The molecule has 6 N–H and O–H groups in total. The lowest BCUT2D eigenvalue weighted by atomic mass is 10.1. The first-order valence-electron chi connectivity index (χ1n) is 9.01. The summed E-state index contributed by atoms with van der Waals surface area (Å²) in [6.45, 7) is -0.165. The molecule has 0 aliphatic carbocycles. The van der Waals surface area contributed by atoms with Crippen molar-refractivity contribution in [3.8, 4) is 11.8 Å². The maximum absolute atomic E-state index is 10.3. The smallest absolute Gasteiger partial charge is 0.320 e. The highest BCUT2D eigenvalue weighted by molar-refractivity contribution is 5.82. The van der Waals surface area contributed by atoms with E-state index in [-0.39, 0.29) is 29.8 Å². The van der Waals surface area contributed by atoms with E-state index in [1.807, 2.05) is 0 Å². The Bertz CT molecular complexity index is 994. The number of phenols is 1. The van der Waals surface area contributed by atoms with Gasteiger partial charge in [-0.25, -0.2) is 4.98 Å². The number of imidazole rings is 1. The minimum Gasteiger partial charge on any atom is -0.508 e. The summed E-state index contributed by atoms with van der Waals surface area (Å²) in [5, 5.41) is 38.8. The molecule has 4 rings (SSSR count). The van der Waals surface area contributed by atoms with E-state index in [0.717, 1.165) is 5.56 Å². The van der Waals surface area contributed by atoms with Gasteiger partial charge in [0.15, 0.2) is 23.2 Å². The fourth-order valence-electron chi connectivity index (χ4n) is 3.20. The van der Waals surface area contributed by atoms with Gasteiger partial charge < -0.3 is 35.6 Å². The van der Waals surface area contributed by atoms with Crippen molar-refractivity contribution in [1.82, 2.24) is 19.5 Å². The number of nitrogens with two attached hydrogens (primary N) is 1. The molecule has 0 saturated carbocycles. The normalized spacial score (nSPS) is 24.2. The Morgan fingerprint density at radius 2 is 1.90 bits per heavy atom. The number of phenolic OH excluding ortho intramolecular Hbond substituents is 1. The molecule has 11 heteroatoms. The third-order valence-electron chi connectivity index (χ3n) is 4.78. The molecule has 0 bridgehead atoms. The summed E-state index contributed by atoms with van der Waals surface area (Å²) in [7, 11) is 0. The third kappa shape index (κ3) is 3.68. The number of fused-ring (bicyclic) bond motifs is 1. The Balaban J connectivity index is 1.54. The number of aliphatic hydroxyl groups excluding tert-OH is 3. The van der Waals surface area contributed by atoms with Gasteiger partial charge in [0.05, 0.1) is 19.5 Å². The van der Waals surface area contributed by atoms with Gasteiger partial charge in [0.1, 0.15) is 24.1 Å². The van der Waals surface area contributed by atoms with Crippen LogP contribution < -0.4 is 10.5 Å². The zero-order chi connectivity index (χ0) is 20.5. The summed E-state index contributed by atoms with van der Waals surface area (Å²) in [6.07, 6.45) is -2.51. The summed E-state index contributed by atoms with van der Waals surface area (Å²) in [5.74, 6) is 0.287. The topological polar surface area (TPSA) is 169 Å². The van der Waals surface area contributed by atoms with E-state index in [4.69, 9.17) is 15.2 Å². The van der Waals surface area contributed by atoms with Gasteiger partial charge in [-0.3, -0.25) is 4.57 Å². The van der Waals surface area contributed by atoms with Gasteiger partial charge in [-0.2, -0.15) is 9.97 Å². The van der Waals surface area contributed by atoms with Crippen LogP contribution in [0.15, 0.2) is 30.6 Å². The lowest BCUT2D eigenvalue weighted by Crippen LogP contribution is -2.33. The molecule has 0 spiro atoms. The molecule has 29 heavy (non-hydrogen) atoms. The highest BCUT2D eigenvalue weighted by Gasteiger charge is 2.44. The van der Waals surface area contributed by atoms with Gasteiger partial charge in [-0.15, -0.1) is 0 Å². The summed E-state index contributed by atoms with van der Waals surface area (Å²) in [4.78, 5) is 12.5. The lowest BCUT2D eigenvalue weighted by Gasteiger charge is -2.16. The highest BCUT2D eigenvalue weighted by Crippen LogP contribution is 2.32. The summed E-state index contributed by atoms with van der Waals surface area (Å²) >= 11 is 0. The summed E-state index contributed by atoms with van der Waals surface area (Å²) in [6, 6.07) is 6.79. The average molecular weight is 403 g/mol. The number of nitrogen functional groups attached to an aromatic ring is 1. The quantitative estimate of drug-likeness (QED) is 0.356. The summed E-state index contributed by atoms with van der Waals surface area (Å²) in [5.41, 5.74) is 7.49. The van der Waals surface area contributed by atoms with Crippen LogP contribution in [-0.4, -0.2) is 71.5 Å². The first-order chi connectivity index (χ1) is 14.0. The monoisotopic (exact) mass is 403 g/mol. The Morgan fingerprint density at radius 3 is 2.59 bits per heavy atom. The average Bonchev–Trinajstić information content (AvgIpc) is 3.25. The number of aromatic nitrogens is 4. The van der Waals surface area contributed by atoms with Crippen LogP contribution >= 0.6 is 0 Å². The summed E-state index contributed by atoms with van der Waals surface area (Å²) < 4.78 is 12.6. The third-order valence-corrected chi connectivity index (χ3v) is 4.78. The molecule has 154 valence electrons. The molecule has 0 radical (unpaired) electrons. The van der Waals surface area contributed by atoms with E-state index in [1.54, 1.807) is 24.3 Å². The highest BCUT2D eigenvalue weighted by atomic mass is 16.6. The van der Waals surface area contributed by atoms with Crippen LogP contribution in [0.3, 0.4) is 0 Å². The van der Waals surface area contributed by atoms with Gasteiger partial charge in [0.2, 0.25) is 0 Å². The van der Waals surface area contributed by atoms with E-state index in [9.17, 15) is 20.4 Å². The van der Waals surface area contributed by atoms with Gasteiger partial charge in [-0.05, 0) is 17.7 Å². The van der Waals surface area contributed by atoms with Crippen LogP contribution in [0.2, 0.25) is 0 Å². The minimum atomic E-state index is -1.28. The maximum Gasteiger partial charge on any atom is 0.320 e. The number of hydrogen-bond donors (Lipinski definition) is 5. The lowest BCUT2D eigenvalue weighted by molar-refractivity contribution is -0.0511. The molecule has 11 nitrogen and oxygen atoms in total. The standard InChI is InChI=1S/C18H21N5O6/c19-15-12-16(23(8-20-12)17-14(27)13(26)11(7-24)29-17)22-18(21-15)28-6-5-9-1-3-10(25)4-2-9/h1-4,8,11,13-14,17,24-27H,5-7H2,(H2,19,21,22)/t11-,13?,14?,17-/m1/s1. The van der Waals surface area contributed by atoms with Crippen molar-refractivity contribution < 1.29 is 29.9 Å². The number of benzene rings is 1. The number of ether oxygens (including phenoxy) is 2. The molecule has 4 atom stereocenters. The van der Waals surface area contributed by atoms with Crippen molar-refractivity contribution in [2.45, 2.75) is 31.0 Å². The Morgan fingerprint density at radius 1 is 1.14 bits per heavy atom. The number of rotatable bonds is 6. The molecule has 3 heterocycles. The Kier molecular flexibility index (Phi) is 5.20. The number of aliphatic hydroxyl groups is 3. The van der Waals surface area contributed by atoms with Crippen molar-refractivity contribution in [3.05, 3.63) is 36.2 Å². The predicted octanol–water partition coefficient (Wildman–Crippen LogP) is -0.653. The van der Waals surface area contributed by atoms with Crippen molar-refractivity contribution >= 4 is 17.0 Å². The molecule has 2 aromatic heterocycles. The van der Waals surface area contributed by atoms with Crippen LogP contribution in [0.5, 0.6) is 11.8 Å². The van der Waals surface area contributed by atoms with Crippen LogP contribution in [0.1, 0.15) is 11.8 Å². The van der Waals surface area contributed by atoms with Gasteiger partial charge in [-0.1, -0.05) is 12.1 Å². The molecule has 1 fully saturated rings. The fourth-order valence-corrected chi connectivity index (χ4v) is 3.20. The molecule has 1 saturated heterocycles. The zero-order valence-corrected chi connectivity index (χ0v) is 15.3. The van der Waals surface area contributed by atoms with Crippen LogP contribution in [-0.2, 0) is 11.2 Å². The largest absolute Gasteiger partial charge is 0.508 e. The second-order valence-electron chi connectivity index (χ2n) is 6.71. The van der Waals surface area contributed by atoms with Crippen molar-refractivity contribution in [2.24, 2.45) is 0 Å². The van der Waals surface area contributed by atoms with E-state index < -0.39 is 31.1 Å². The minimum absolute atomic E-state index is 0.0299. The van der Waals surface area contributed by atoms with E-state index in [1.165, 1.54) is 10.9 Å².